The zero-order chi connectivity index (χ0) is 96.5. The van der Waals surface area contributed by atoms with Crippen LogP contribution in [0.3, 0.4) is 0 Å². The Kier molecular flexibility index (Phi) is 23.3. The first-order chi connectivity index (χ1) is 69.2. The van der Waals surface area contributed by atoms with E-state index in [2.05, 4.69) is 526 Å². The summed E-state index contributed by atoms with van der Waals surface area (Å²) in [7, 11) is -6.77. The van der Waals surface area contributed by atoms with Gasteiger partial charge in [-0.15, -0.1) is 0 Å². The van der Waals surface area contributed by atoms with Crippen molar-refractivity contribution in [1.82, 2.24) is 0 Å². The predicted octanol–water partition coefficient (Wildman–Crippen LogP) is 28.9. The Morgan fingerprint density at radius 1 is 0.231 bits per heavy atom. The summed E-state index contributed by atoms with van der Waals surface area (Å²) >= 11 is 3.71. The topological polar surface area (TPSA) is 40.5 Å². The van der Waals surface area contributed by atoms with Crippen LogP contribution in [0.1, 0.15) is 125 Å². The molecule has 0 atom stereocenters. The Hall–Kier alpha value is -15.0. The van der Waals surface area contributed by atoms with Gasteiger partial charge in [-0.1, -0.05) is 522 Å². The van der Waals surface area contributed by atoms with Crippen LogP contribution in [-0.2, 0) is 28.1 Å². The van der Waals surface area contributed by atoms with Crippen molar-refractivity contribution in [2.24, 2.45) is 0 Å². The zero-order valence-corrected chi connectivity index (χ0v) is 84.9. The molecule has 0 bridgehead atoms. The summed E-state index contributed by atoms with van der Waals surface area (Å²) in [6.45, 7) is 19.0. The van der Waals surface area contributed by atoms with Gasteiger partial charge < -0.3 is 10.0 Å². The van der Waals surface area contributed by atoms with E-state index in [1.165, 1.54) is 213 Å². The highest BCUT2D eigenvalue weighted by Crippen LogP contribution is 2.57. The Labute approximate surface area is 852 Å². The Balaban J connectivity index is 0.000000130. The average Bonchev–Trinajstić information content (AvgIpc) is 1.47. The molecule has 0 saturated carbocycles. The summed E-state index contributed by atoms with van der Waals surface area (Å²) in [6, 6.07) is 172. The Morgan fingerprint density at radius 2 is 0.497 bits per heavy atom. The largest absolute Gasteiger partial charge is 0.489 e. The number of halogens is 1. The fourth-order valence-electron chi connectivity index (χ4n) is 25.6. The van der Waals surface area contributed by atoms with Crippen molar-refractivity contribution in [3.8, 4) is 100 Å². The molecule has 143 heavy (non-hydrogen) atoms. The van der Waals surface area contributed by atoms with E-state index in [-0.39, 0.29) is 29.1 Å². The standard InChI is InChI=1S/C68H52Si.C35H29BO2.C33H27BrSi.CH4/c1-67(2)61-35-21-20-29-52(61)53-39-36-45(42-62(53)67)51-28-14-15-30-56(51)66-59-33-18-16-31-57(59)65(58-32-17-19-34-60(58)66)46-37-40-54-55-41-38-50(44-64(55)68(3,4)63(54)43-46)69(47-22-8-5-9-23-47,48-24-10-6-11-25-48)49-26-12-7-13-27-49;1-35(2)31-18-10-9-12-24(31)25-20-19-22(21-32(25)35)23-11-3-4-13-26(23)33-27-14-5-7-16-29(27)34(36(37)38)30-17-8-6-15-28(30)33;1-33(2)31-22-24(34)18-20-29(31)30-21-19-28(23-32(30)33)35(25-12-6-3-7-13-25,26-14-8-4-9-15-26)27-16-10-5-11-17-27;/h5-44H,1-4H3;3-5,7-14,16-21,37-38H,6,15H2,1-2H3;3-23H,1-2H3;1H4. The molecule has 0 unspecified atom stereocenters. The van der Waals surface area contributed by atoms with Gasteiger partial charge in [-0.2, -0.15) is 0 Å². The number of fused-ring (bicyclic) bond motifs is 16. The lowest BCUT2D eigenvalue weighted by molar-refractivity contribution is 0.426. The third-order valence-corrected chi connectivity index (χ3v) is 42.4. The van der Waals surface area contributed by atoms with E-state index in [1.54, 1.807) is 0 Å². The number of rotatable bonds is 14. The molecule has 21 aromatic carbocycles. The molecule has 0 heterocycles. The lowest BCUT2D eigenvalue weighted by atomic mass is 9.69. The molecule has 2 nitrogen and oxygen atoms in total. The van der Waals surface area contributed by atoms with Gasteiger partial charge in [0.05, 0.1) is 0 Å². The molecule has 21 aromatic rings. The first-order valence-electron chi connectivity index (χ1n) is 50.1. The monoisotopic (exact) mass is 1930 g/mol. The minimum atomic E-state index is -2.72. The number of allylic oxidation sites excluding steroid dienone is 1. The summed E-state index contributed by atoms with van der Waals surface area (Å²) in [5, 5.41) is 39.1. The molecule has 0 aliphatic heterocycles. The molecular weight excluding hydrogens is 1820 g/mol. The summed E-state index contributed by atoms with van der Waals surface area (Å²) in [5.74, 6) is 0. The van der Waals surface area contributed by atoms with Crippen LogP contribution in [-0.4, -0.2) is 33.3 Å². The minimum Gasteiger partial charge on any atom is -0.423 e. The van der Waals surface area contributed by atoms with Crippen LogP contribution in [0.15, 0.2) is 472 Å². The first kappa shape index (κ1) is 91.8. The third-order valence-electron chi connectivity index (χ3n) is 32.3. The molecular formula is C137H112BBrO2Si2. The van der Waals surface area contributed by atoms with Crippen molar-refractivity contribution in [2.45, 2.75) is 97.3 Å². The summed E-state index contributed by atoms with van der Waals surface area (Å²) in [4.78, 5) is 0. The van der Waals surface area contributed by atoms with Gasteiger partial charge in [0, 0.05) is 26.1 Å². The minimum absolute atomic E-state index is 0. The third kappa shape index (κ3) is 14.7. The molecule has 0 radical (unpaired) electrons. The van der Waals surface area contributed by atoms with E-state index in [0.717, 1.165) is 33.7 Å². The van der Waals surface area contributed by atoms with Gasteiger partial charge in [0.2, 0.25) is 0 Å². The average molecular weight is 1940 g/mol. The fourth-order valence-corrected chi connectivity index (χ4v) is 35.5. The molecule has 26 rings (SSSR count). The van der Waals surface area contributed by atoms with E-state index < -0.39 is 23.3 Å². The number of hydrogen-bond donors (Lipinski definition) is 2. The second kappa shape index (κ2) is 36.2. The van der Waals surface area contributed by atoms with Crippen LogP contribution in [0.2, 0.25) is 0 Å². The summed E-state index contributed by atoms with van der Waals surface area (Å²) in [6.07, 6.45) is 6.01. The summed E-state index contributed by atoms with van der Waals surface area (Å²) < 4.78 is 1.14. The molecule has 5 aliphatic rings. The number of benzene rings is 21. The van der Waals surface area contributed by atoms with Crippen LogP contribution < -0.4 is 47.0 Å². The van der Waals surface area contributed by atoms with Crippen LogP contribution in [0.5, 0.6) is 0 Å². The fraction of sp³-hybridized carbons (Fsp3) is 0.109. The summed E-state index contributed by atoms with van der Waals surface area (Å²) in [5.41, 5.74) is 36.5. The molecule has 0 saturated heterocycles. The highest BCUT2D eigenvalue weighted by molar-refractivity contribution is 9.10. The van der Waals surface area contributed by atoms with Gasteiger partial charge in [-0.05, 0) is 278 Å². The highest BCUT2D eigenvalue weighted by Gasteiger charge is 2.48. The smallest absolute Gasteiger partial charge is 0.423 e. The lowest BCUT2D eigenvalue weighted by Crippen LogP contribution is -2.74. The van der Waals surface area contributed by atoms with Crippen molar-refractivity contribution in [3.05, 3.63) is 527 Å². The van der Waals surface area contributed by atoms with Gasteiger partial charge >= 0.3 is 7.12 Å². The van der Waals surface area contributed by atoms with Crippen LogP contribution in [0, 0.1) is 0 Å². The van der Waals surface area contributed by atoms with Gasteiger partial charge in [0.1, 0.15) is 0 Å². The second-order valence-corrected chi connectivity index (χ2v) is 49.8. The normalized spacial score (nSPS) is 14.1. The molecule has 0 amide bonds. The van der Waals surface area contributed by atoms with E-state index >= 15 is 0 Å². The quantitative estimate of drug-likeness (QED) is 0.0647. The van der Waals surface area contributed by atoms with Crippen molar-refractivity contribution in [1.29, 1.82) is 0 Å². The van der Waals surface area contributed by atoms with Gasteiger partial charge in [-0.3, -0.25) is 0 Å². The predicted molar refractivity (Wildman–Crippen MR) is 618 cm³/mol. The van der Waals surface area contributed by atoms with Crippen LogP contribution in [0.25, 0.3) is 139 Å². The highest BCUT2D eigenvalue weighted by atomic mass is 79.9. The molecule has 690 valence electrons. The van der Waals surface area contributed by atoms with E-state index in [9.17, 15) is 10.0 Å². The maximum Gasteiger partial charge on any atom is 0.489 e. The van der Waals surface area contributed by atoms with Crippen molar-refractivity contribution < 1.29 is 10.0 Å². The lowest BCUT2D eigenvalue weighted by Gasteiger charge is -2.35. The molecule has 5 aliphatic carbocycles. The van der Waals surface area contributed by atoms with Crippen LogP contribution in [0.4, 0.5) is 0 Å². The molecule has 2 N–H and O–H groups in total. The van der Waals surface area contributed by atoms with Gasteiger partial charge in [-0.25, -0.2) is 0 Å². The van der Waals surface area contributed by atoms with Gasteiger partial charge in [0.15, 0.2) is 16.1 Å². The SMILES string of the molecule is C.CC1(C)c2cc(Br)ccc2-c2ccc([Si](c3ccccc3)(c3ccccc3)c3ccccc3)cc21.CC1(C)c2ccccc2-c2ccc(-c3ccccc3-c3c4c(c(B(O)O)c5ccccc35)C=CCC4)cc21.CC1(C)c2ccccc2-c2ccc(-c3ccccc3-c3c4ccccc4c(-c4ccc5c(c4)C(C)(C)c4cc([Si](c6ccccc6)(c6ccccc6)c6ccccc6)ccc4-5)c4ccccc34)cc21. The van der Waals surface area contributed by atoms with E-state index in [1.807, 2.05) is 18.2 Å². The molecule has 0 fully saturated rings. The van der Waals surface area contributed by atoms with Crippen molar-refractivity contribution in [3.63, 3.8) is 0 Å². The maximum atomic E-state index is 10.4. The molecule has 0 aromatic heterocycles. The first-order valence-corrected chi connectivity index (χ1v) is 54.9. The second-order valence-electron chi connectivity index (χ2n) is 41.3. The molecule has 6 heteroatoms. The van der Waals surface area contributed by atoms with E-state index in [0.29, 0.717) is 5.46 Å². The maximum absolute atomic E-state index is 10.4. The van der Waals surface area contributed by atoms with Crippen molar-refractivity contribution >= 4 is 125 Å². The van der Waals surface area contributed by atoms with Crippen LogP contribution >= 0.6 is 15.9 Å². The van der Waals surface area contributed by atoms with Crippen molar-refractivity contribution in [2.75, 3.05) is 0 Å². The van der Waals surface area contributed by atoms with Gasteiger partial charge in [0.25, 0.3) is 0 Å². The Bertz CT molecular complexity index is 8370. The molecule has 0 spiro atoms. The number of hydrogen-bond acceptors (Lipinski definition) is 2. The zero-order valence-electron chi connectivity index (χ0n) is 81.3. The Morgan fingerprint density at radius 3 is 0.874 bits per heavy atom. The van der Waals surface area contributed by atoms with E-state index in [4.69, 9.17) is 0 Å².